The second-order valence-electron chi connectivity index (χ2n) is 11.2. The highest BCUT2D eigenvalue weighted by Gasteiger charge is 2.20. The van der Waals surface area contributed by atoms with E-state index in [0.717, 1.165) is 54.8 Å². The predicted octanol–water partition coefficient (Wildman–Crippen LogP) is 9.74. The van der Waals surface area contributed by atoms with Gasteiger partial charge < -0.3 is 4.42 Å². The first-order valence-corrected chi connectivity index (χ1v) is 15.0. The van der Waals surface area contributed by atoms with Crippen LogP contribution in [0.4, 0.5) is 0 Å². The Balaban J connectivity index is 1.27. The fourth-order valence-electron chi connectivity index (χ4n) is 6.43. The number of rotatable bonds is 4. The van der Waals surface area contributed by atoms with Gasteiger partial charge in [-0.3, -0.25) is 4.57 Å². The lowest BCUT2D eigenvalue weighted by Crippen LogP contribution is -2.06. The van der Waals surface area contributed by atoms with Crippen molar-refractivity contribution in [2.24, 2.45) is 0 Å². The van der Waals surface area contributed by atoms with E-state index in [4.69, 9.17) is 19.4 Å². The van der Waals surface area contributed by atoms with Crippen molar-refractivity contribution in [3.05, 3.63) is 145 Å². The molecule has 0 saturated carbocycles. The van der Waals surface area contributed by atoms with Crippen LogP contribution in [0.3, 0.4) is 0 Å². The average Bonchev–Trinajstić information content (AvgIpc) is 3.67. The van der Waals surface area contributed by atoms with E-state index in [0.29, 0.717) is 34.3 Å². The van der Waals surface area contributed by atoms with Gasteiger partial charge in [0.05, 0.1) is 16.6 Å². The lowest BCUT2D eigenvalue weighted by Gasteiger charge is -2.11. The summed E-state index contributed by atoms with van der Waals surface area (Å²) in [5, 5.41) is 14.2. The van der Waals surface area contributed by atoms with Crippen molar-refractivity contribution in [1.29, 1.82) is 5.26 Å². The van der Waals surface area contributed by atoms with Crippen LogP contribution in [0.15, 0.2) is 144 Å². The van der Waals surface area contributed by atoms with Crippen LogP contribution in [0, 0.1) is 11.3 Å². The molecule has 0 aliphatic heterocycles. The van der Waals surface area contributed by atoms with Crippen molar-refractivity contribution in [3.8, 4) is 45.9 Å². The van der Waals surface area contributed by atoms with E-state index < -0.39 is 0 Å². The van der Waals surface area contributed by atoms with Gasteiger partial charge in [-0.05, 0) is 42.0 Å². The molecular weight excluding hydrogens is 566 g/mol. The molecule has 3 aromatic heterocycles. The number of hydrogen-bond donors (Lipinski definition) is 0. The van der Waals surface area contributed by atoms with Crippen molar-refractivity contribution >= 4 is 43.7 Å². The molecule has 46 heavy (non-hydrogen) atoms. The normalized spacial score (nSPS) is 11.5. The van der Waals surface area contributed by atoms with Gasteiger partial charge in [0.25, 0.3) is 0 Å². The van der Waals surface area contributed by atoms with Crippen molar-refractivity contribution in [2.75, 3.05) is 0 Å². The summed E-state index contributed by atoms with van der Waals surface area (Å²) < 4.78 is 8.46. The zero-order valence-corrected chi connectivity index (χ0v) is 24.4. The molecule has 0 radical (unpaired) electrons. The smallest absolute Gasteiger partial charge is 0.238 e. The zero-order chi connectivity index (χ0) is 30.6. The van der Waals surface area contributed by atoms with Crippen LogP contribution in [-0.4, -0.2) is 19.5 Å². The fourth-order valence-corrected chi connectivity index (χ4v) is 6.43. The van der Waals surface area contributed by atoms with Gasteiger partial charge >= 0.3 is 0 Å². The maximum absolute atomic E-state index is 10.3. The standard InChI is InChI=1S/C40H23N5O/c41-24-32-28(25-11-3-1-4-12-25)21-22-35-37(32)31-20-19-27(23-36(31)46-35)39-42-38(26-13-5-2-6-14-26)43-40(44-39)45-33-17-9-7-15-29(33)30-16-8-10-18-34(30)45/h1-23H. The first kappa shape index (κ1) is 25.9. The number of furan rings is 1. The quantitative estimate of drug-likeness (QED) is 0.204. The van der Waals surface area contributed by atoms with Gasteiger partial charge in [0, 0.05) is 38.2 Å². The molecule has 0 spiro atoms. The Labute approximate surface area is 263 Å². The van der Waals surface area contributed by atoms with Gasteiger partial charge in [-0.1, -0.05) is 103 Å². The summed E-state index contributed by atoms with van der Waals surface area (Å²) in [6, 6.07) is 48.8. The van der Waals surface area contributed by atoms with Crippen LogP contribution >= 0.6 is 0 Å². The Morgan fingerprint density at radius 1 is 0.522 bits per heavy atom. The Bertz CT molecular complexity index is 2590. The van der Waals surface area contributed by atoms with Crippen molar-refractivity contribution < 1.29 is 4.42 Å². The van der Waals surface area contributed by atoms with Crippen LogP contribution in [0.25, 0.3) is 83.6 Å². The van der Waals surface area contributed by atoms with Gasteiger partial charge in [0.1, 0.15) is 17.2 Å². The van der Waals surface area contributed by atoms with Crippen LogP contribution in [0.1, 0.15) is 5.56 Å². The monoisotopic (exact) mass is 589 g/mol. The minimum Gasteiger partial charge on any atom is -0.456 e. The van der Waals surface area contributed by atoms with Crippen LogP contribution < -0.4 is 0 Å². The molecule has 0 atom stereocenters. The van der Waals surface area contributed by atoms with E-state index in [9.17, 15) is 5.26 Å². The highest BCUT2D eigenvalue weighted by atomic mass is 16.3. The molecule has 0 aliphatic carbocycles. The zero-order valence-electron chi connectivity index (χ0n) is 24.4. The summed E-state index contributed by atoms with van der Waals surface area (Å²) in [5.74, 6) is 1.63. The molecule has 0 bridgehead atoms. The molecule has 9 rings (SSSR count). The number of fused-ring (bicyclic) bond motifs is 6. The fraction of sp³-hybridized carbons (Fsp3) is 0. The molecule has 6 nitrogen and oxygen atoms in total. The Hall–Kier alpha value is -6.58. The average molecular weight is 590 g/mol. The van der Waals surface area contributed by atoms with E-state index in [1.807, 2.05) is 103 Å². The van der Waals surface area contributed by atoms with Gasteiger partial charge in [-0.2, -0.15) is 15.2 Å². The molecule has 0 N–H and O–H groups in total. The second kappa shape index (κ2) is 10.3. The maximum atomic E-state index is 10.3. The van der Waals surface area contributed by atoms with E-state index >= 15 is 0 Å². The highest BCUT2D eigenvalue weighted by Crippen LogP contribution is 2.38. The molecule has 3 heterocycles. The number of hydrogen-bond acceptors (Lipinski definition) is 5. The maximum Gasteiger partial charge on any atom is 0.238 e. The summed E-state index contributed by atoms with van der Waals surface area (Å²) in [6.45, 7) is 0. The van der Waals surface area contributed by atoms with Crippen molar-refractivity contribution in [2.45, 2.75) is 0 Å². The summed E-state index contributed by atoms with van der Waals surface area (Å²) in [4.78, 5) is 15.0. The van der Waals surface area contributed by atoms with E-state index in [-0.39, 0.29) is 0 Å². The minimum absolute atomic E-state index is 0.526. The topological polar surface area (TPSA) is 80.5 Å². The van der Waals surface area contributed by atoms with Crippen LogP contribution in [0.2, 0.25) is 0 Å². The predicted molar refractivity (Wildman–Crippen MR) is 182 cm³/mol. The molecule has 214 valence electrons. The third-order valence-corrected chi connectivity index (χ3v) is 8.53. The number of benzene rings is 6. The first-order chi connectivity index (χ1) is 22.8. The van der Waals surface area contributed by atoms with E-state index in [1.165, 1.54) is 0 Å². The SMILES string of the molecule is N#Cc1c(-c2ccccc2)ccc2oc3cc(-c4nc(-c5ccccc5)nc(-n5c6ccccc6c6ccccc65)n4)ccc3c12. The van der Waals surface area contributed by atoms with Crippen molar-refractivity contribution in [1.82, 2.24) is 19.5 Å². The first-order valence-electron chi connectivity index (χ1n) is 15.0. The second-order valence-corrected chi connectivity index (χ2v) is 11.2. The molecule has 0 aliphatic rings. The third kappa shape index (κ3) is 4.00. The summed E-state index contributed by atoms with van der Waals surface area (Å²) in [6.07, 6.45) is 0. The van der Waals surface area contributed by atoms with E-state index in [2.05, 4.69) is 47.0 Å². The Morgan fingerprint density at radius 2 is 1.13 bits per heavy atom. The Morgan fingerprint density at radius 3 is 1.80 bits per heavy atom. The molecular formula is C40H23N5O. The number of aromatic nitrogens is 4. The van der Waals surface area contributed by atoms with Gasteiger partial charge in [0.15, 0.2) is 11.6 Å². The molecule has 6 heteroatoms. The summed E-state index contributed by atoms with van der Waals surface area (Å²) >= 11 is 0. The largest absolute Gasteiger partial charge is 0.456 e. The third-order valence-electron chi connectivity index (χ3n) is 8.53. The van der Waals surface area contributed by atoms with E-state index in [1.54, 1.807) is 0 Å². The van der Waals surface area contributed by atoms with Gasteiger partial charge in [-0.25, -0.2) is 4.98 Å². The van der Waals surface area contributed by atoms with Gasteiger partial charge in [-0.15, -0.1) is 0 Å². The minimum atomic E-state index is 0.526. The molecule has 9 aromatic rings. The lowest BCUT2D eigenvalue weighted by atomic mass is 9.96. The molecule has 0 saturated heterocycles. The van der Waals surface area contributed by atoms with Gasteiger partial charge in [0.2, 0.25) is 5.95 Å². The van der Waals surface area contributed by atoms with Crippen LogP contribution in [-0.2, 0) is 0 Å². The number of nitriles is 1. The molecule has 0 unspecified atom stereocenters. The molecule has 0 amide bonds. The lowest BCUT2D eigenvalue weighted by molar-refractivity contribution is 0.669. The van der Waals surface area contributed by atoms with Crippen LogP contribution in [0.5, 0.6) is 0 Å². The number of para-hydroxylation sites is 2. The Kier molecular flexibility index (Phi) is 5.77. The highest BCUT2D eigenvalue weighted by molar-refractivity contribution is 6.11. The molecule has 6 aromatic carbocycles. The summed E-state index contributed by atoms with van der Waals surface area (Å²) in [7, 11) is 0. The number of nitrogens with zero attached hydrogens (tertiary/aromatic N) is 5. The van der Waals surface area contributed by atoms with Crippen molar-refractivity contribution in [3.63, 3.8) is 0 Å². The summed E-state index contributed by atoms with van der Waals surface area (Å²) in [5.41, 5.74) is 7.50. The molecule has 0 fully saturated rings.